The Labute approximate surface area is 186 Å². The Morgan fingerprint density at radius 1 is 1.00 bits per heavy atom. The van der Waals surface area contributed by atoms with Gasteiger partial charge in [-0.3, -0.25) is 10.2 Å². The molecule has 3 saturated carbocycles. The molecule has 1 heterocycles. The van der Waals surface area contributed by atoms with Gasteiger partial charge >= 0.3 is 0 Å². The molecule has 2 aromatic rings. The molecule has 0 radical (unpaired) electrons. The summed E-state index contributed by atoms with van der Waals surface area (Å²) in [6, 6.07) is 14.8. The van der Waals surface area contributed by atoms with Crippen molar-refractivity contribution >= 4 is 23.2 Å². The van der Waals surface area contributed by atoms with Crippen molar-refractivity contribution in [1.29, 1.82) is 0 Å². The lowest BCUT2D eigenvalue weighted by atomic mass is 9.43. The van der Waals surface area contributed by atoms with Crippen LogP contribution in [0.3, 0.4) is 0 Å². The summed E-state index contributed by atoms with van der Waals surface area (Å²) in [6.07, 6.45) is 3.81. The van der Waals surface area contributed by atoms with Crippen LogP contribution < -0.4 is 14.8 Å². The van der Waals surface area contributed by atoms with E-state index in [1.807, 2.05) is 24.3 Å². The first kappa shape index (κ1) is 20.4. The molecule has 1 saturated heterocycles. The van der Waals surface area contributed by atoms with Gasteiger partial charge in [-0.25, -0.2) is 0 Å². The predicted octanol–water partition coefficient (Wildman–Crippen LogP) is 4.11. The SMILES string of the molecule is OC(COc1ccc(Cl)cc1)NC12CC(N3CCC(Oc4ccc(Cl)cc4)C3)(C1)C2. The van der Waals surface area contributed by atoms with E-state index in [4.69, 9.17) is 32.7 Å². The Morgan fingerprint density at radius 3 is 2.23 bits per heavy atom. The van der Waals surface area contributed by atoms with Gasteiger partial charge < -0.3 is 14.6 Å². The van der Waals surface area contributed by atoms with Crippen molar-refractivity contribution < 1.29 is 14.6 Å². The van der Waals surface area contributed by atoms with Crippen LogP contribution in [-0.4, -0.2) is 53.1 Å². The van der Waals surface area contributed by atoms with Crippen molar-refractivity contribution in [2.45, 2.75) is 49.1 Å². The number of rotatable bonds is 8. The number of aliphatic hydroxyl groups excluding tert-OH is 1. The van der Waals surface area contributed by atoms with Gasteiger partial charge in [0.25, 0.3) is 0 Å². The molecule has 0 amide bonds. The Bertz CT molecular complexity index is 871. The molecule has 2 unspecified atom stereocenters. The van der Waals surface area contributed by atoms with Crippen LogP contribution >= 0.6 is 23.2 Å². The number of nitrogens with zero attached hydrogens (tertiary/aromatic N) is 1. The second-order valence-electron chi connectivity index (χ2n) is 8.89. The van der Waals surface area contributed by atoms with E-state index in [1.54, 1.807) is 24.3 Å². The summed E-state index contributed by atoms with van der Waals surface area (Å²) in [5.74, 6) is 1.59. The van der Waals surface area contributed by atoms with Gasteiger partial charge in [0.2, 0.25) is 0 Å². The first-order chi connectivity index (χ1) is 14.4. The Morgan fingerprint density at radius 2 is 1.60 bits per heavy atom. The minimum absolute atomic E-state index is 0.0535. The van der Waals surface area contributed by atoms with Gasteiger partial charge in [0.15, 0.2) is 0 Å². The maximum Gasteiger partial charge on any atom is 0.139 e. The van der Waals surface area contributed by atoms with E-state index in [1.165, 1.54) is 0 Å². The minimum atomic E-state index is -0.682. The second kappa shape index (κ2) is 7.88. The number of halogens is 2. The molecule has 6 rings (SSSR count). The summed E-state index contributed by atoms with van der Waals surface area (Å²) in [7, 11) is 0. The van der Waals surface area contributed by atoms with Crippen LogP contribution in [0.1, 0.15) is 25.7 Å². The molecule has 30 heavy (non-hydrogen) atoms. The normalized spacial score (nSPS) is 31.0. The number of ether oxygens (including phenoxy) is 2. The van der Waals surface area contributed by atoms with Crippen molar-refractivity contribution in [3.63, 3.8) is 0 Å². The maximum absolute atomic E-state index is 10.4. The third-order valence-electron chi connectivity index (χ3n) is 6.63. The van der Waals surface area contributed by atoms with E-state index in [9.17, 15) is 5.11 Å². The molecule has 2 bridgehead atoms. The highest BCUT2D eigenvalue weighted by atomic mass is 35.5. The molecule has 2 atom stereocenters. The summed E-state index contributed by atoms with van der Waals surface area (Å²) >= 11 is 11.8. The average Bonchev–Trinajstić information content (AvgIpc) is 3.13. The van der Waals surface area contributed by atoms with Crippen LogP contribution in [0.25, 0.3) is 0 Å². The molecule has 2 N–H and O–H groups in total. The highest BCUT2D eigenvalue weighted by Gasteiger charge is 2.70. The second-order valence-corrected chi connectivity index (χ2v) is 9.76. The smallest absolute Gasteiger partial charge is 0.139 e. The van der Waals surface area contributed by atoms with Crippen molar-refractivity contribution in [2.24, 2.45) is 0 Å². The fourth-order valence-corrected chi connectivity index (χ4v) is 5.54. The average molecular weight is 449 g/mol. The Balaban J connectivity index is 1.06. The molecule has 4 aliphatic rings. The monoisotopic (exact) mass is 448 g/mol. The number of likely N-dealkylation sites (tertiary alicyclic amines) is 1. The molecule has 0 aromatic heterocycles. The third kappa shape index (κ3) is 4.02. The van der Waals surface area contributed by atoms with E-state index in [-0.39, 0.29) is 23.8 Å². The van der Waals surface area contributed by atoms with Gasteiger partial charge in [0, 0.05) is 34.2 Å². The highest BCUT2D eigenvalue weighted by Crippen LogP contribution is 2.64. The molecular formula is C23H26Cl2N2O3. The summed E-state index contributed by atoms with van der Waals surface area (Å²) in [5, 5.41) is 15.1. The Kier molecular flexibility index (Phi) is 5.36. The van der Waals surface area contributed by atoms with Crippen LogP contribution in [0.5, 0.6) is 11.5 Å². The van der Waals surface area contributed by atoms with Crippen molar-refractivity contribution in [1.82, 2.24) is 10.2 Å². The molecule has 5 nitrogen and oxygen atoms in total. The maximum atomic E-state index is 10.4. The van der Waals surface area contributed by atoms with Crippen molar-refractivity contribution in [3.05, 3.63) is 58.6 Å². The largest absolute Gasteiger partial charge is 0.489 e. The summed E-state index contributed by atoms with van der Waals surface area (Å²) < 4.78 is 11.8. The molecule has 3 aliphatic carbocycles. The molecule has 2 aromatic carbocycles. The zero-order valence-corrected chi connectivity index (χ0v) is 18.2. The molecular weight excluding hydrogens is 423 g/mol. The zero-order chi connectivity index (χ0) is 20.8. The van der Waals surface area contributed by atoms with E-state index >= 15 is 0 Å². The van der Waals surface area contributed by atoms with Gasteiger partial charge in [-0.1, -0.05) is 23.2 Å². The van der Waals surface area contributed by atoms with Crippen LogP contribution in [-0.2, 0) is 0 Å². The molecule has 160 valence electrons. The van der Waals surface area contributed by atoms with Crippen LogP contribution in [0.15, 0.2) is 48.5 Å². The third-order valence-corrected chi connectivity index (χ3v) is 7.13. The first-order valence-corrected chi connectivity index (χ1v) is 11.2. The van der Waals surface area contributed by atoms with Crippen LogP contribution in [0.2, 0.25) is 10.0 Å². The fraction of sp³-hybridized carbons (Fsp3) is 0.478. The number of nitrogens with one attached hydrogen (secondary N) is 1. The summed E-state index contributed by atoms with van der Waals surface area (Å²) in [6.45, 7) is 2.24. The first-order valence-electron chi connectivity index (χ1n) is 10.5. The number of aliphatic hydroxyl groups is 1. The van der Waals surface area contributed by atoms with Gasteiger partial charge in [-0.15, -0.1) is 0 Å². The molecule has 7 heteroatoms. The molecule has 1 aliphatic heterocycles. The predicted molar refractivity (Wildman–Crippen MR) is 117 cm³/mol. The van der Waals surface area contributed by atoms with Gasteiger partial charge in [-0.2, -0.15) is 0 Å². The lowest BCUT2D eigenvalue weighted by molar-refractivity contribution is -0.190. The topological polar surface area (TPSA) is 54.0 Å². The standard InChI is InChI=1S/C23H26Cl2N2O3/c24-16-1-5-18(6-2-16)29-12-21(28)26-22-13-23(14-22,15-22)27-10-9-20(11-27)30-19-7-3-17(25)4-8-19/h1-8,20-21,26,28H,9-15H2. The van der Waals surface area contributed by atoms with Gasteiger partial charge in [0.1, 0.15) is 30.4 Å². The zero-order valence-electron chi connectivity index (χ0n) is 16.7. The lowest BCUT2D eigenvalue weighted by Gasteiger charge is -2.74. The van der Waals surface area contributed by atoms with E-state index in [2.05, 4.69) is 10.2 Å². The minimum Gasteiger partial charge on any atom is -0.489 e. The van der Waals surface area contributed by atoms with Crippen LogP contribution in [0.4, 0.5) is 0 Å². The quantitative estimate of drug-likeness (QED) is 0.595. The summed E-state index contributed by atoms with van der Waals surface area (Å²) in [4.78, 5) is 2.58. The lowest BCUT2D eigenvalue weighted by Crippen LogP contribution is -2.84. The summed E-state index contributed by atoms with van der Waals surface area (Å²) in [5.41, 5.74) is 0.333. The van der Waals surface area contributed by atoms with Gasteiger partial charge in [0.05, 0.1) is 0 Å². The molecule has 0 spiro atoms. The molecule has 4 fully saturated rings. The van der Waals surface area contributed by atoms with Crippen molar-refractivity contribution in [2.75, 3.05) is 19.7 Å². The number of hydrogen-bond donors (Lipinski definition) is 2. The van der Waals surface area contributed by atoms with E-state index in [0.717, 1.165) is 49.5 Å². The fourth-order valence-electron chi connectivity index (χ4n) is 5.28. The van der Waals surface area contributed by atoms with Crippen molar-refractivity contribution in [3.8, 4) is 11.5 Å². The highest BCUT2D eigenvalue weighted by molar-refractivity contribution is 6.30. The Hall–Kier alpha value is -1.50. The number of hydrogen-bond acceptors (Lipinski definition) is 5. The van der Waals surface area contributed by atoms with Gasteiger partial charge in [-0.05, 0) is 74.2 Å². The van der Waals surface area contributed by atoms with E-state index in [0.29, 0.717) is 10.8 Å². The van der Waals surface area contributed by atoms with E-state index < -0.39 is 6.23 Å². The van der Waals surface area contributed by atoms with Crippen LogP contribution in [0, 0.1) is 0 Å². The number of benzene rings is 2.